The lowest BCUT2D eigenvalue weighted by atomic mass is 10.0. The standard InChI is InChI=1S/C20H18FNO3S/c21-17-4-3-14-2-1-13(9-15(14)11-17)10-16-12-18(26-19(16)20(23)24)22-5-7-25-8-6-22/h1-4,9,11-12H,5-8,10H2,(H,23,24). The topological polar surface area (TPSA) is 49.8 Å². The summed E-state index contributed by atoms with van der Waals surface area (Å²) in [7, 11) is 0. The van der Waals surface area contributed by atoms with Crippen molar-refractivity contribution in [2.24, 2.45) is 0 Å². The summed E-state index contributed by atoms with van der Waals surface area (Å²) in [6, 6.07) is 12.5. The Labute approximate surface area is 154 Å². The minimum absolute atomic E-state index is 0.272. The monoisotopic (exact) mass is 371 g/mol. The Balaban J connectivity index is 1.66. The van der Waals surface area contributed by atoms with Crippen LogP contribution in [0.1, 0.15) is 20.8 Å². The molecule has 0 bridgehead atoms. The molecule has 2 heterocycles. The van der Waals surface area contributed by atoms with Crippen molar-refractivity contribution in [1.82, 2.24) is 0 Å². The predicted octanol–water partition coefficient (Wildman–Crippen LogP) is 4.17. The molecule has 0 saturated carbocycles. The van der Waals surface area contributed by atoms with Gasteiger partial charge in [-0.05, 0) is 46.5 Å². The van der Waals surface area contributed by atoms with E-state index in [0.29, 0.717) is 24.5 Å². The van der Waals surface area contributed by atoms with E-state index < -0.39 is 5.97 Å². The van der Waals surface area contributed by atoms with Crippen molar-refractivity contribution in [2.75, 3.05) is 31.2 Å². The molecule has 134 valence electrons. The Morgan fingerprint density at radius 3 is 2.65 bits per heavy atom. The highest BCUT2D eigenvalue weighted by atomic mass is 32.1. The van der Waals surface area contributed by atoms with Crippen LogP contribution >= 0.6 is 11.3 Å². The van der Waals surface area contributed by atoms with E-state index in [2.05, 4.69) is 4.90 Å². The summed E-state index contributed by atoms with van der Waals surface area (Å²) in [4.78, 5) is 14.2. The number of carboxylic acids is 1. The lowest BCUT2D eigenvalue weighted by Crippen LogP contribution is -2.35. The number of carboxylic acid groups (broad SMARTS) is 1. The molecule has 1 aliphatic rings. The van der Waals surface area contributed by atoms with E-state index in [-0.39, 0.29) is 5.82 Å². The Morgan fingerprint density at radius 2 is 1.88 bits per heavy atom. The number of thiophene rings is 1. The van der Waals surface area contributed by atoms with E-state index in [1.807, 2.05) is 24.3 Å². The largest absolute Gasteiger partial charge is 0.477 e. The van der Waals surface area contributed by atoms with Crippen LogP contribution < -0.4 is 4.90 Å². The van der Waals surface area contributed by atoms with Gasteiger partial charge in [-0.15, -0.1) is 11.3 Å². The fraction of sp³-hybridized carbons (Fsp3) is 0.250. The molecule has 0 radical (unpaired) electrons. The Morgan fingerprint density at radius 1 is 1.12 bits per heavy atom. The van der Waals surface area contributed by atoms with E-state index >= 15 is 0 Å². The number of aromatic carboxylic acids is 1. The molecular formula is C20H18FNO3S. The number of benzene rings is 2. The zero-order chi connectivity index (χ0) is 18.1. The molecule has 1 aromatic heterocycles. The molecule has 1 saturated heterocycles. The normalized spacial score (nSPS) is 14.7. The van der Waals surface area contributed by atoms with Crippen molar-refractivity contribution in [3.8, 4) is 0 Å². The molecule has 6 heteroatoms. The van der Waals surface area contributed by atoms with Gasteiger partial charge in [0.1, 0.15) is 10.7 Å². The molecule has 1 fully saturated rings. The smallest absolute Gasteiger partial charge is 0.346 e. The van der Waals surface area contributed by atoms with Crippen molar-refractivity contribution < 1.29 is 19.0 Å². The minimum Gasteiger partial charge on any atom is -0.477 e. The van der Waals surface area contributed by atoms with Gasteiger partial charge < -0.3 is 14.7 Å². The predicted molar refractivity (Wildman–Crippen MR) is 101 cm³/mol. The van der Waals surface area contributed by atoms with E-state index in [1.54, 1.807) is 6.07 Å². The maximum absolute atomic E-state index is 13.5. The fourth-order valence-electron chi connectivity index (χ4n) is 3.26. The average Bonchev–Trinajstić information content (AvgIpc) is 3.06. The summed E-state index contributed by atoms with van der Waals surface area (Å²) in [6.45, 7) is 2.86. The lowest BCUT2D eigenvalue weighted by molar-refractivity contribution is 0.0701. The zero-order valence-electron chi connectivity index (χ0n) is 14.1. The van der Waals surface area contributed by atoms with Crippen LogP contribution in [0.3, 0.4) is 0 Å². The van der Waals surface area contributed by atoms with Crippen LogP contribution in [0.25, 0.3) is 10.8 Å². The van der Waals surface area contributed by atoms with Crippen molar-refractivity contribution in [3.05, 3.63) is 64.3 Å². The van der Waals surface area contributed by atoms with Crippen molar-refractivity contribution in [1.29, 1.82) is 0 Å². The van der Waals surface area contributed by atoms with Gasteiger partial charge in [0.25, 0.3) is 0 Å². The van der Waals surface area contributed by atoms with Gasteiger partial charge in [-0.2, -0.15) is 0 Å². The van der Waals surface area contributed by atoms with Crippen molar-refractivity contribution in [3.63, 3.8) is 0 Å². The Kier molecular flexibility index (Phi) is 4.61. The van der Waals surface area contributed by atoms with Gasteiger partial charge >= 0.3 is 5.97 Å². The Bertz CT molecular complexity index is 963. The van der Waals surface area contributed by atoms with Crippen LogP contribution in [0.4, 0.5) is 9.39 Å². The third-order valence-electron chi connectivity index (χ3n) is 4.57. The second kappa shape index (κ2) is 7.05. The van der Waals surface area contributed by atoms with Gasteiger partial charge in [-0.25, -0.2) is 9.18 Å². The molecule has 0 unspecified atom stereocenters. The molecule has 0 spiro atoms. The van der Waals surface area contributed by atoms with Gasteiger partial charge in [-0.1, -0.05) is 24.3 Å². The third kappa shape index (κ3) is 3.43. The van der Waals surface area contributed by atoms with Crippen molar-refractivity contribution >= 4 is 33.1 Å². The van der Waals surface area contributed by atoms with E-state index in [9.17, 15) is 14.3 Å². The number of anilines is 1. The summed E-state index contributed by atoms with van der Waals surface area (Å²) in [5.74, 6) is -1.18. The van der Waals surface area contributed by atoms with E-state index in [4.69, 9.17) is 4.74 Å². The van der Waals surface area contributed by atoms with Gasteiger partial charge in [-0.3, -0.25) is 0 Å². The van der Waals surface area contributed by atoms with Crippen LogP contribution in [0.5, 0.6) is 0 Å². The molecule has 1 aliphatic heterocycles. The van der Waals surface area contributed by atoms with Crippen molar-refractivity contribution in [2.45, 2.75) is 6.42 Å². The first kappa shape index (κ1) is 17.0. The maximum Gasteiger partial charge on any atom is 0.346 e. The molecule has 4 rings (SSSR count). The average molecular weight is 371 g/mol. The number of hydrogen-bond acceptors (Lipinski definition) is 4. The zero-order valence-corrected chi connectivity index (χ0v) is 14.9. The first-order valence-electron chi connectivity index (χ1n) is 8.47. The first-order chi connectivity index (χ1) is 12.6. The number of nitrogens with zero attached hydrogens (tertiary/aromatic N) is 1. The minimum atomic E-state index is -0.906. The summed E-state index contributed by atoms with van der Waals surface area (Å²) < 4.78 is 18.9. The summed E-state index contributed by atoms with van der Waals surface area (Å²) in [5, 5.41) is 12.3. The molecule has 2 aromatic carbocycles. The number of halogens is 1. The Hall–Kier alpha value is -2.44. The number of morpholine rings is 1. The SMILES string of the molecule is O=C(O)c1sc(N2CCOCC2)cc1Cc1ccc2ccc(F)cc2c1. The first-order valence-corrected chi connectivity index (χ1v) is 9.29. The highest BCUT2D eigenvalue weighted by Gasteiger charge is 2.20. The number of hydrogen-bond donors (Lipinski definition) is 1. The van der Waals surface area contributed by atoms with E-state index in [1.165, 1.54) is 23.5 Å². The molecule has 1 N–H and O–H groups in total. The van der Waals surface area contributed by atoms with Crippen LogP contribution in [-0.2, 0) is 11.2 Å². The maximum atomic E-state index is 13.5. The fourth-order valence-corrected chi connectivity index (χ4v) is 4.33. The van der Waals surface area contributed by atoms with Gasteiger partial charge in [0.05, 0.1) is 18.2 Å². The highest BCUT2D eigenvalue weighted by Crippen LogP contribution is 2.33. The summed E-state index contributed by atoms with van der Waals surface area (Å²) in [6.07, 6.45) is 0.509. The van der Waals surface area contributed by atoms with Gasteiger partial charge in [0.15, 0.2) is 0 Å². The lowest BCUT2D eigenvalue weighted by Gasteiger charge is -2.27. The summed E-state index contributed by atoms with van der Waals surface area (Å²) >= 11 is 1.31. The number of rotatable bonds is 4. The second-order valence-corrected chi connectivity index (χ2v) is 7.38. The van der Waals surface area contributed by atoms with Crippen LogP contribution in [-0.4, -0.2) is 37.4 Å². The quantitative estimate of drug-likeness (QED) is 0.748. The van der Waals surface area contributed by atoms with Crippen LogP contribution in [0.15, 0.2) is 42.5 Å². The molecule has 3 aromatic rings. The third-order valence-corrected chi connectivity index (χ3v) is 5.80. The molecular weight excluding hydrogens is 353 g/mol. The summed E-state index contributed by atoms with van der Waals surface area (Å²) in [5.41, 5.74) is 1.76. The van der Waals surface area contributed by atoms with Gasteiger partial charge in [0, 0.05) is 13.1 Å². The number of carbonyl (C=O) groups is 1. The molecule has 0 amide bonds. The second-order valence-electron chi connectivity index (χ2n) is 6.35. The molecule has 26 heavy (non-hydrogen) atoms. The number of fused-ring (bicyclic) bond motifs is 1. The van der Waals surface area contributed by atoms with Crippen LogP contribution in [0, 0.1) is 5.82 Å². The van der Waals surface area contributed by atoms with Gasteiger partial charge in [0.2, 0.25) is 0 Å². The highest BCUT2D eigenvalue weighted by molar-refractivity contribution is 7.18. The molecule has 0 aliphatic carbocycles. The number of ether oxygens (including phenoxy) is 1. The molecule has 0 atom stereocenters. The molecule has 4 nitrogen and oxygen atoms in total. The van der Waals surface area contributed by atoms with Crippen LogP contribution in [0.2, 0.25) is 0 Å². The van der Waals surface area contributed by atoms with E-state index in [0.717, 1.165) is 40.0 Å².